The minimum Gasteiger partial charge on any atom is -0.378 e. The van der Waals surface area contributed by atoms with Crippen molar-refractivity contribution < 1.29 is 9.53 Å². The lowest BCUT2D eigenvalue weighted by Gasteiger charge is -2.28. The zero-order valence-electron chi connectivity index (χ0n) is 15.1. The van der Waals surface area contributed by atoms with Gasteiger partial charge in [-0.1, -0.05) is 53.8 Å². The van der Waals surface area contributed by atoms with E-state index in [-0.39, 0.29) is 5.91 Å². The minimum atomic E-state index is -0.0638. The van der Waals surface area contributed by atoms with Crippen LogP contribution in [0.15, 0.2) is 53.4 Å². The summed E-state index contributed by atoms with van der Waals surface area (Å²) in [5.74, 6) is -0.0638. The number of nitrogens with zero attached hydrogens (tertiary/aromatic N) is 2. The van der Waals surface area contributed by atoms with Crippen molar-refractivity contribution >= 4 is 51.7 Å². The molecule has 0 unspecified atom stereocenters. The maximum absolute atomic E-state index is 12.8. The molecule has 2 saturated heterocycles. The number of thioether (sulfide) groups is 1. The fourth-order valence-electron chi connectivity index (χ4n) is 3.14. The Labute approximate surface area is 168 Å². The molecule has 2 heterocycles. The Kier molecular flexibility index (Phi) is 5.29. The Bertz CT molecular complexity index is 885. The summed E-state index contributed by atoms with van der Waals surface area (Å²) in [5.41, 5.74) is 4.15. The third-order valence-electron chi connectivity index (χ3n) is 4.65. The second kappa shape index (κ2) is 7.84. The minimum absolute atomic E-state index is 0.0638. The number of aryl methyl sites for hydroxylation is 1. The average Bonchev–Trinajstić information content (AvgIpc) is 2.97. The lowest BCUT2D eigenvalue weighted by atomic mass is 10.1. The summed E-state index contributed by atoms with van der Waals surface area (Å²) in [5, 5.41) is 0. The van der Waals surface area contributed by atoms with Gasteiger partial charge >= 0.3 is 0 Å². The van der Waals surface area contributed by atoms with E-state index in [9.17, 15) is 4.79 Å². The summed E-state index contributed by atoms with van der Waals surface area (Å²) < 4.78 is 5.97. The zero-order valence-corrected chi connectivity index (χ0v) is 16.7. The number of carbonyl (C=O) groups excluding carboxylic acids is 1. The molecular weight excluding hydrogens is 376 g/mol. The SMILES string of the molecule is Cc1ccc(N2C(=O)/C(=C\c3ccc(N4CCOCC4)cc3)SC2=S)cc1. The zero-order chi connectivity index (χ0) is 18.8. The summed E-state index contributed by atoms with van der Waals surface area (Å²) in [7, 11) is 0. The van der Waals surface area contributed by atoms with E-state index in [4.69, 9.17) is 17.0 Å². The second-order valence-electron chi connectivity index (χ2n) is 6.54. The highest BCUT2D eigenvalue weighted by Gasteiger charge is 2.33. The van der Waals surface area contributed by atoms with Crippen LogP contribution in [0, 0.1) is 6.92 Å². The number of hydrogen-bond donors (Lipinski definition) is 0. The molecule has 2 aliphatic heterocycles. The first-order chi connectivity index (χ1) is 13.1. The quantitative estimate of drug-likeness (QED) is 0.573. The topological polar surface area (TPSA) is 32.8 Å². The van der Waals surface area contributed by atoms with Gasteiger partial charge in [0.2, 0.25) is 0 Å². The fourth-order valence-corrected chi connectivity index (χ4v) is 4.44. The lowest BCUT2D eigenvalue weighted by molar-refractivity contribution is -0.113. The Hall–Kier alpha value is -2.15. The van der Waals surface area contributed by atoms with Crippen molar-refractivity contribution in [3.05, 3.63) is 64.6 Å². The van der Waals surface area contributed by atoms with Gasteiger partial charge in [-0.3, -0.25) is 9.69 Å². The number of amides is 1. The van der Waals surface area contributed by atoms with Crippen molar-refractivity contribution in [3.8, 4) is 0 Å². The van der Waals surface area contributed by atoms with Gasteiger partial charge in [0.1, 0.15) is 0 Å². The molecule has 27 heavy (non-hydrogen) atoms. The molecule has 2 aromatic carbocycles. The predicted molar refractivity (Wildman–Crippen MR) is 116 cm³/mol. The molecule has 2 aromatic rings. The molecule has 0 spiro atoms. The monoisotopic (exact) mass is 396 g/mol. The van der Waals surface area contributed by atoms with E-state index in [2.05, 4.69) is 17.0 Å². The second-order valence-corrected chi connectivity index (χ2v) is 8.22. The maximum atomic E-state index is 12.8. The molecule has 0 atom stereocenters. The van der Waals surface area contributed by atoms with Gasteiger partial charge in [-0.05, 0) is 42.8 Å². The van der Waals surface area contributed by atoms with Gasteiger partial charge in [-0.15, -0.1) is 0 Å². The highest BCUT2D eigenvalue weighted by Crippen LogP contribution is 2.36. The van der Waals surface area contributed by atoms with Crippen LogP contribution in [0.2, 0.25) is 0 Å². The van der Waals surface area contributed by atoms with E-state index in [0.29, 0.717) is 9.23 Å². The number of thiocarbonyl (C=S) groups is 1. The van der Waals surface area contributed by atoms with E-state index < -0.39 is 0 Å². The standard InChI is InChI=1S/C21H20N2O2S2/c1-15-2-6-18(7-3-15)23-20(24)19(27-21(23)26)14-16-4-8-17(9-5-16)22-10-12-25-13-11-22/h2-9,14H,10-13H2,1H3/b19-14+. The summed E-state index contributed by atoms with van der Waals surface area (Å²) in [6.45, 7) is 5.38. The summed E-state index contributed by atoms with van der Waals surface area (Å²) in [6, 6.07) is 16.1. The van der Waals surface area contributed by atoms with Crippen molar-refractivity contribution in [2.75, 3.05) is 36.1 Å². The van der Waals surface area contributed by atoms with Crippen molar-refractivity contribution in [2.45, 2.75) is 6.92 Å². The Morgan fingerprint density at radius 3 is 2.30 bits per heavy atom. The number of benzene rings is 2. The molecular formula is C21H20N2O2S2. The first kappa shape index (κ1) is 18.2. The van der Waals surface area contributed by atoms with Crippen LogP contribution >= 0.6 is 24.0 Å². The van der Waals surface area contributed by atoms with E-state index >= 15 is 0 Å². The first-order valence-corrected chi connectivity index (χ1v) is 10.1. The van der Waals surface area contributed by atoms with Gasteiger partial charge in [0, 0.05) is 18.8 Å². The number of anilines is 2. The highest BCUT2D eigenvalue weighted by molar-refractivity contribution is 8.27. The van der Waals surface area contributed by atoms with Crippen LogP contribution in [0.4, 0.5) is 11.4 Å². The van der Waals surface area contributed by atoms with Crippen LogP contribution in [0.1, 0.15) is 11.1 Å². The van der Waals surface area contributed by atoms with Gasteiger partial charge in [-0.25, -0.2) is 0 Å². The molecule has 0 saturated carbocycles. The van der Waals surface area contributed by atoms with Crippen LogP contribution in [0.3, 0.4) is 0 Å². The molecule has 4 nitrogen and oxygen atoms in total. The fraction of sp³-hybridized carbons (Fsp3) is 0.238. The van der Waals surface area contributed by atoms with Crippen LogP contribution in [-0.2, 0) is 9.53 Å². The summed E-state index contributed by atoms with van der Waals surface area (Å²) in [6.07, 6.45) is 1.91. The van der Waals surface area contributed by atoms with Crippen LogP contribution in [0.5, 0.6) is 0 Å². The molecule has 2 fully saturated rings. The molecule has 4 rings (SSSR count). The highest BCUT2D eigenvalue weighted by atomic mass is 32.2. The van der Waals surface area contributed by atoms with E-state index in [0.717, 1.165) is 43.1 Å². The van der Waals surface area contributed by atoms with Crippen molar-refractivity contribution in [2.24, 2.45) is 0 Å². The third kappa shape index (κ3) is 3.93. The number of rotatable bonds is 3. The van der Waals surface area contributed by atoms with Crippen LogP contribution in [-0.4, -0.2) is 36.5 Å². The van der Waals surface area contributed by atoms with Crippen LogP contribution < -0.4 is 9.80 Å². The summed E-state index contributed by atoms with van der Waals surface area (Å²) in [4.78, 5) is 17.4. The molecule has 0 radical (unpaired) electrons. The number of morpholine rings is 1. The Morgan fingerprint density at radius 2 is 1.63 bits per heavy atom. The summed E-state index contributed by atoms with van der Waals surface area (Å²) >= 11 is 6.79. The number of carbonyl (C=O) groups is 1. The van der Waals surface area contributed by atoms with Crippen LogP contribution in [0.25, 0.3) is 6.08 Å². The normalized spacial score (nSPS) is 19.2. The van der Waals surface area contributed by atoms with Crippen molar-refractivity contribution in [3.63, 3.8) is 0 Å². The largest absolute Gasteiger partial charge is 0.378 e. The maximum Gasteiger partial charge on any atom is 0.270 e. The van der Waals surface area contributed by atoms with Gasteiger partial charge < -0.3 is 9.64 Å². The molecule has 138 valence electrons. The third-order valence-corrected chi connectivity index (χ3v) is 5.96. The van der Waals surface area contributed by atoms with Gasteiger partial charge in [0.05, 0.1) is 23.8 Å². The van der Waals surface area contributed by atoms with Crippen molar-refractivity contribution in [1.29, 1.82) is 0 Å². The molecule has 0 aromatic heterocycles. The molecule has 0 bridgehead atoms. The molecule has 0 aliphatic carbocycles. The predicted octanol–water partition coefficient (Wildman–Crippen LogP) is 4.24. The van der Waals surface area contributed by atoms with E-state index in [1.165, 1.54) is 17.4 Å². The smallest absolute Gasteiger partial charge is 0.270 e. The average molecular weight is 397 g/mol. The van der Waals surface area contributed by atoms with Gasteiger partial charge in [-0.2, -0.15) is 0 Å². The molecule has 1 amide bonds. The van der Waals surface area contributed by atoms with E-state index in [1.807, 2.05) is 49.4 Å². The first-order valence-electron chi connectivity index (χ1n) is 8.89. The number of hydrogen-bond acceptors (Lipinski definition) is 5. The Balaban J connectivity index is 1.53. The van der Waals surface area contributed by atoms with Gasteiger partial charge in [0.25, 0.3) is 5.91 Å². The Morgan fingerprint density at radius 1 is 1.00 bits per heavy atom. The lowest BCUT2D eigenvalue weighted by Crippen LogP contribution is -2.36. The number of ether oxygens (including phenoxy) is 1. The molecule has 0 N–H and O–H groups in total. The molecule has 2 aliphatic rings. The molecule has 6 heteroatoms. The van der Waals surface area contributed by atoms with Crippen molar-refractivity contribution in [1.82, 2.24) is 0 Å². The van der Waals surface area contributed by atoms with E-state index in [1.54, 1.807) is 4.90 Å². The van der Waals surface area contributed by atoms with Gasteiger partial charge in [0.15, 0.2) is 4.32 Å².